The summed E-state index contributed by atoms with van der Waals surface area (Å²) >= 11 is 1.19. The summed E-state index contributed by atoms with van der Waals surface area (Å²) in [7, 11) is 0. The fourth-order valence-electron chi connectivity index (χ4n) is 1.96. The second-order valence-electron chi connectivity index (χ2n) is 4.06. The van der Waals surface area contributed by atoms with E-state index in [4.69, 9.17) is 9.84 Å². The van der Waals surface area contributed by atoms with Crippen LogP contribution in [0.4, 0.5) is 0 Å². The van der Waals surface area contributed by atoms with Gasteiger partial charge in [-0.2, -0.15) is 0 Å². The zero-order chi connectivity index (χ0) is 12.3. The zero-order valence-corrected chi connectivity index (χ0v) is 10.6. The van der Waals surface area contributed by atoms with Crippen LogP contribution in [0.3, 0.4) is 0 Å². The van der Waals surface area contributed by atoms with E-state index in [1.54, 1.807) is 0 Å². The number of hydrogen-bond donors (Lipinski definition) is 1. The lowest BCUT2D eigenvalue weighted by Gasteiger charge is -2.34. The predicted octanol–water partition coefficient (Wildman–Crippen LogP) is 1.45. The quantitative estimate of drug-likeness (QED) is 0.883. The molecule has 1 aliphatic rings. The number of aromatic carboxylic acids is 1. The number of carboxylic acids is 1. The summed E-state index contributed by atoms with van der Waals surface area (Å²) in [6, 6.07) is 0.415. The highest BCUT2D eigenvalue weighted by molar-refractivity contribution is 7.11. The molecule has 0 radical (unpaired) electrons. The fourth-order valence-corrected chi connectivity index (χ4v) is 2.60. The highest BCUT2D eigenvalue weighted by atomic mass is 32.1. The standard InChI is InChI=1S/C11H16N2O3S/c1-2-9-6-16-4-3-13(9)5-8-7-17-10(12-8)11(14)15/h7,9H,2-6H2,1H3,(H,14,15). The molecule has 0 bridgehead atoms. The van der Waals surface area contributed by atoms with E-state index in [9.17, 15) is 4.79 Å². The van der Waals surface area contributed by atoms with Gasteiger partial charge >= 0.3 is 5.97 Å². The lowest BCUT2D eigenvalue weighted by atomic mass is 10.1. The molecule has 2 heterocycles. The minimum absolute atomic E-state index is 0.168. The van der Waals surface area contributed by atoms with E-state index in [0.29, 0.717) is 12.6 Å². The summed E-state index contributed by atoms with van der Waals surface area (Å²) < 4.78 is 5.43. The van der Waals surface area contributed by atoms with Crippen molar-refractivity contribution in [3.05, 3.63) is 16.1 Å². The maximum absolute atomic E-state index is 10.7. The van der Waals surface area contributed by atoms with Gasteiger partial charge in [0.25, 0.3) is 0 Å². The minimum atomic E-state index is -0.949. The molecule has 0 saturated carbocycles. The first-order chi connectivity index (χ1) is 8.20. The highest BCUT2D eigenvalue weighted by Gasteiger charge is 2.22. The third kappa shape index (κ3) is 3.02. The number of morpholine rings is 1. The van der Waals surface area contributed by atoms with E-state index in [2.05, 4.69) is 16.8 Å². The Labute approximate surface area is 104 Å². The van der Waals surface area contributed by atoms with Crippen LogP contribution in [0.25, 0.3) is 0 Å². The van der Waals surface area contributed by atoms with Gasteiger partial charge in [-0.05, 0) is 6.42 Å². The van der Waals surface area contributed by atoms with Crippen molar-refractivity contribution in [1.29, 1.82) is 0 Å². The largest absolute Gasteiger partial charge is 0.476 e. The number of hydrogen-bond acceptors (Lipinski definition) is 5. The summed E-state index contributed by atoms with van der Waals surface area (Å²) in [6.07, 6.45) is 1.04. The van der Waals surface area contributed by atoms with E-state index in [-0.39, 0.29) is 5.01 Å². The van der Waals surface area contributed by atoms with Gasteiger partial charge in [-0.25, -0.2) is 9.78 Å². The monoisotopic (exact) mass is 256 g/mol. The predicted molar refractivity (Wildman–Crippen MR) is 64.4 cm³/mol. The second-order valence-corrected chi connectivity index (χ2v) is 4.91. The molecular formula is C11H16N2O3S. The van der Waals surface area contributed by atoms with Crippen LogP contribution >= 0.6 is 11.3 Å². The fraction of sp³-hybridized carbons (Fsp3) is 0.636. The van der Waals surface area contributed by atoms with Crippen LogP contribution in [0.2, 0.25) is 0 Å². The molecule has 1 N–H and O–H groups in total. The van der Waals surface area contributed by atoms with E-state index in [1.807, 2.05) is 5.38 Å². The molecule has 17 heavy (non-hydrogen) atoms. The summed E-state index contributed by atoms with van der Waals surface area (Å²) in [5.74, 6) is -0.949. The molecule has 1 aliphatic heterocycles. The Bertz CT molecular complexity index is 394. The van der Waals surface area contributed by atoms with Gasteiger partial charge < -0.3 is 9.84 Å². The summed E-state index contributed by atoms with van der Waals surface area (Å²) in [5, 5.41) is 10.8. The number of carbonyl (C=O) groups is 1. The van der Waals surface area contributed by atoms with Crippen molar-refractivity contribution in [2.24, 2.45) is 0 Å². The van der Waals surface area contributed by atoms with Crippen LogP contribution in [0.15, 0.2) is 5.38 Å². The Balaban J connectivity index is 2.00. The molecule has 1 unspecified atom stereocenters. The van der Waals surface area contributed by atoms with Crippen LogP contribution in [-0.4, -0.2) is 46.8 Å². The molecule has 1 saturated heterocycles. The van der Waals surface area contributed by atoms with Gasteiger partial charge in [0.1, 0.15) is 0 Å². The van der Waals surface area contributed by atoms with Gasteiger partial charge in [0.2, 0.25) is 5.01 Å². The molecule has 0 aromatic carbocycles. The van der Waals surface area contributed by atoms with Crippen molar-refractivity contribution in [3.63, 3.8) is 0 Å². The topological polar surface area (TPSA) is 62.7 Å². The maximum Gasteiger partial charge on any atom is 0.365 e. The number of carboxylic acid groups (broad SMARTS) is 1. The average molecular weight is 256 g/mol. The van der Waals surface area contributed by atoms with Crippen molar-refractivity contribution < 1.29 is 14.6 Å². The Hall–Kier alpha value is -0.980. The number of aromatic nitrogens is 1. The van der Waals surface area contributed by atoms with Crippen LogP contribution in [0.5, 0.6) is 0 Å². The second kappa shape index (κ2) is 5.57. The van der Waals surface area contributed by atoms with Crippen LogP contribution < -0.4 is 0 Å². The number of ether oxygens (including phenoxy) is 1. The summed E-state index contributed by atoms with van der Waals surface area (Å²) in [4.78, 5) is 17.2. The highest BCUT2D eigenvalue weighted by Crippen LogP contribution is 2.16. The normalized spacial score (nSPS) is 21.6. The van der Waals surface area contributed by atoms with Gasteiger partial charge in [0.15, 0.2) is 0 Å². The molecule has 0 aliphatic carbocycles. The lowest BCUT2D eigenvalue weighted by Crippen LogP contribution is -2.44. The van der Waals surface area contributed by atoms with Crippen molar-refractivity contribution in [2.75, 3.05) is 19.8 Å². The maximum atomic E-state index is 10.7. The van der Waals surface area contributed by atoms with Crippen molar-refractivity contribution >= 4 is 17.3 Å². The first-order valence-corrected chi connectivity index (χ1v) is 6.58. The Morgan fingerprint density at radius 1 is 1.76 bits per heavy atom. The molecule has 6 heteroatoms. The van der Waals surface area contributed by atoms with E-state index in [0.717, 1.165) is 31.9 Å². The van der Waals surface area contributed by atoms with Gasteiger partial charge in [-0.15, -0.1) is 11.3 Å². The number of nitrogens with zero attached hydrogens (tertiary/aromatic N) is 2. The lowest BCUT2D eigenvalue weighted by molar-refractivity contribution is -0.0132. The van der Waals surface area contributed by atoms with Crippen molar-refractivity contribution in [3.8, 4) is 0 Å². The van der Waals surface area contributed by atoms with Crippen LogP contribution in [0.1, 0.15) is 28.8 Å². The Kier molecular flexibility index (Phi) is 4.09. The average Bonchev–Trinajstić information content (AvgIpc) is 2.78. The number of rotatable bonds is 4. The van der Waals surface area contributed by atoms with E-state index in [1.165, 1.54) is 11.3 Å². The van der Waals surface area contributed by atoms with Gasteiger partial charge in [0.05, 0.1) is 18.9 Å². The summed E-state index contributed by atoms with van der Waals surface area (Å²) in [5.41, 5.74) is 0.841. The molecule has 1 fully saturated rings. The van der Waals surface area contributed by atoms with Gasteiger partial charge in [-0.1, -0.05) is 6.92 Å². The molecule has 5 nitrogen and oxygen atoms in total. The molecule has 1 aromatic heterocycles. The Morgan fingerprint density at radius 3 is 3.24 bits per heavy atom. The van der Waals surface area contributed by atoms with Crippen LogP contribution in [0, 0.1) is 0 Å². The van der Waals surface area contributed by atoms with Crippen LogP contribution in [-0.2, 0) is 11.3 Å². The van der Waals surface area contributed by atoms with Crippen molar-refractivity contribution in [2.45, 2.75) is 25.9 Å². The van der Waals surface area contributed by atoms with E-state index >= 15 is 0 Å². The van der Waals surface area contributed by atoms with Crippen molar-refractivity contribution in [1.82, 2.24) is 9.88 Å². The molecule has 0 spiro atoms. The summed E-state index contributed by atoms with van der Waals surface area (Å²) in [6.45, 7) is 5.24. The zero-order valence-electron chi connectivity index (χ0n) is 9.76. The van der Waals surface area contributed by atoms with Gasteiger partial charge in [-0.3, -0.25) is 4.90 Å². The molecule has 2 rings (SSSR count). The minimum Gasteiger partial charge on any atom is -0.476 e. The third-order valence-corrected chi connectivity index (χ3v) is 3.80. The van der Waals surface area contributed by atoms with E-state index < -0.39 is 5.97 Å². The Morgan fingerprint density at radius 2 is 2.59 bits per heavy atom. The number of thiazole rings is 1. The molecule has 1 atom stereocenters. The first kappa shape index (κ1) is 12.5. The molecular weight excluding hydrogens is 240 g/mol. The third-order valence-electron chi connectivity index (χ3n) is 2.92. The first-order valence-electron chi connectivity index (χ1n) is 5.70. The molecule has 0 amide bonds. The molecule has 94 valence electrons. The smallest absolute Gasteiger partial charge is 0.365 e. The van der Waals surface area contributed by atoms with Gasteiger partial charge in [0, 0.05) is 24.5 Å². The molecule has 1 aromatic rings. The SMILES string of the molecule is CCC1COCCN1Cc1csc(C(=O)O)n1.